The minimum Gasteiger partial charge on any atom is -0.466 e. The maximum atomic E-state index is 12.5. The lowest BCUT2D eigenvalue weighted by molar-refractivity contribution is -0.143. The molecule has 0 saturated heterocycles. The predicted molar refractivity (Wildman–Crippen MR) is 310 cm³/mol. The van der Waals surface area contributed by atoms with Crippen LogP contribution in [0.1, 0.15) is 367 Å². The van der Waals surface area contributed by atoms with Crippen LogP contribution in [0.15, 0.2) is 12.2 Å². The summed E-state index contributed by atoms with van der Waals surface area (Å²) in [5.74, 6) is -0.0404. The number of rotatable bonds is 61. The Hall–Kier alpha value is -1.40. The van der Waals surface area contributed by atoms with Gasteiger partial charge in [-0.25, -0.2) is 0 Å². The van der Waals surface area contributed by atoms with Gasteiger partial charge in [0.25, 0.3) is 0 Å². The number of carbonyl (C=O) groups excluding carboxylic acids is 2. The number of carbonyl (C=O) groups is 2. The summed E-state index contributed by atoms with van der Waals surface area (Å²) in [5.41, 5.74) is 0. The van der Waals surface area contributed by atoms with Crippen molar-refractivity contribution in [3.63, 3.8) is 0 Å². The van der Waals surface area contributed by atoms with Gasteiger partial charge < -0.3 is 20.3 Å². The van der Waals surface area contributed by atoms with Crippen LogP contribution < -0.4 is 5.32 Å². The smallest absolute Gasteiger partial charge is 0.305 e. The summed E-state index contributed by atoms with van der Waals surface area (Å²) < 4.78 is 5.49. The molecule has 6 nitrogen and oxygen atoms in total. The first kappa shape index (κ1) is 69.6. The Morgan fingerprint density at radius 2 is 0.662 bits per heavy atom. The molecular weight excluding hydrogens is 875 g/mol. The molecule has 0 aromatic heterocycles. The number of allylic oxidation sites excluding steroid dienone is 2. The van der Waals surface area contributed by atoms with Gasteiger partial charge in [0.15, 0.2) is 0 Å². The van der Waals surface area contributed by atoms with Crippen molar-refractivity contribution in [2.24, 2.45) is 0 Å². The van der Waals surface area contributed by atoms with E-state index in [1.54, 1.807) is 0 Å². The molecule has 0 aromatic carbocycles. The van der Waals surface area contributed by atoms with Crippen LogP contribution in [0.2, 0.25) is 0 Å². The molecule has 0 bridgehead atoms. The van der Waals surface area contributed by atoms with Gasteiger partial charge in [0.05, 0.1) is 25.4 Å². The fraction of sp³-hybridized carbons (Fsp3) is 0.938. The number of nitrogens with one attached hydrogen (secondary N) is 1. The zero-order valence-electron chi connectivity index (χ0n) is 48.2. The molecule has 422 valence electrons. The standard InChI is InChI=1S/C65H127NO5/c1-3-5-7-9-11-13-15-17-19-21-22-23-24-25-27-29-33-37-41-45-49-53-57-63(68)62(61-67)66-64(69)58-54-50-46-42-38-34-30-28-32-36-40-44-48-52-56-60-71-65(70)59-55-51-47-43-39-35-31-26-20-18-16-14-12-10-8-6-4-2/h18,20,62-63,67-68H,3-17,19,21-61H2,1-2H3,(H,66,69)/b20-18-. The first-order chi connectivity index (χ1) is 35.0. The molecule has 0 radical (unpaired) electrons. The highest BCUT2D eigenvalue weighted by Gasteiger charge is 2.20. The van der Waals surface area contributed by atoms with Crippen LogP contribution in [0.5, 0.6) is 0 Å². The van der Waals surface area contributed by atoms with Gasteiger partial charge in [-0.05, 0) is 51.4 Å². The van der Waals surface area contributed by atoms with E-state index in [0.29, 0.717) is 25.9 Å². The van der Waals surface area contributed by atoms with E-state index < -0.39 is 12.1 Å². The Kier molecular flexibility index (Phi) is 59.9. The van der Waals surface area contributed by atoms with Gasteiger partial charge in [-0.15, -0.1) is 0 Å². The van der Waals surface area contributed by atoms with Crippen molar-refractivity contribution in [1.82, 2.24) is 5.32 Å². The van der Waals surface area contributed by atoms with E-state index in [9.17, 15) is 19.8 Å². The molecule has 2 unspecified atom stereocenters. The second kappa shape index (κ2) is 61.1. The maximum Gasteiger partial charge on any atom is 0.305 e. The lowest BCUT2D eigenvalue weighted by atomic mass is 10.0. The Balaban J connectivity index is 3.41. The van der Waals surface area contributed by atoms with Crippen LogP contribution in [0.3, 0.4) is 0 Å². The summed E-state index contributed by atoms with van der Waals surface area (Å²) in [6.45, 7) is 4.96. The van der Waals surface area contributed by atoms with Gasteiger partial charge in [0, 0.05) is 12.8 Å². The van der Waals surface area contributed by atoms with Gasteiger partial charge in [-0.2, -0.15) is 0 Å². The largest absolute Gasteiger partial charge is 0.466 e. The second-order valence-corrected chi connectivity index (χ2v) is 22.5. The Labute approximate surface area is 444 Å². The van der Waals surface area contributed by atoms with Crippen molar-refractivity contribution in [3.05, 3.63) is 12.2 Å². The van der Waals surface area contributed by atoms with E-state index in [2.05, 4.69) is 31.3 Å². The Morgan fingerprint density at radius 3 is 1.00 bits per heavy atom. The minimum atomic E-state index is -0.671. The van der Waals surface area contributed by atoms with Crippen LogP contribution in [-0.4, -0.2) is 47.4 Å². The summed E-state index contributed by atoms with van der Waals surface area (Å²) in [5, 5.41) is 23.4. The molecular formula is C65H127NO5. The van der Waals surface area contributed by atoms with Crippen LogP contribution in [-0.2, 0) is 14.3 Å². The fourth-order valence-corrected chi connectivity index (χ4v) is 10.3. The molecule has 0 heterocycles. The third-order valence-corrected chi connectivity index (χ3v) is 15.3. The first-order valence-corrected chi connectivity index (χ1v) is 32.4. The highest BCUT2D eigenvalue weighted by atomic mass is 16.5. The first-order valence-electron chi connectivity index (χ1n) is 32.4. The monoisotopic (exact) mass is 1000 g/mol. The maximum absolute atomic E-state index is 12.5. The van der Waals surface area contributed by atoms with E-state index in [4.69, 9.17) is 4.74 Å². The number of hydrogen-bond acceptors (Lipinski definition) is 5. The normalized spacial score (nSPS) is 12.6. The number of esters is 1. The van der Waals surface area contributed by atoms with Gasteiger partial charge in [0.2, 0.25) is 5.91 Å². The molecule has 0 spiro atoms. The van der Waals surface area contributed by atoms with E-state index >= 15 is 0 Å². The lowest BCUT2D eigenvalue weighted by Gasteiger charge is -2.22. The van der Waals surface area contributed by atoms with Crippen LogP contribution in [0.4, 0.5) is 0 Å². The summed E-state index contributed by atoms with van der Waals surface area (Å²) >= 11 is 0. The van der Waals surface area contributed by atoms with E-state index in [1.807, 2.05) is 0 Å². The van der Waals surface area contributed by atoms with Gasteiger partial charge >= 0.3 is 5.97 Å². The highest BCUT2D eigenvalue weighted by molar-refractivity contribution is 5.76. The van der Waals surface area contributed by atoms with Gasteiger partial charge in [0.1, 0.15) is 0 Å². The second-order valence-electron chi connectivity index (χ2n) is 22.5. The van der Waals surface area contributed by atoms with Crippen molar-refractivity contribution < 1.29 is 24.5 Å². The molecule has 1 amide bonds. The topological polar surface area (TPSA) is 95.9 Å². The number of aliphatic hydroxyl groups is 2. The van der Waals surface area contributed by atoms with Crippen molar-refractivity contribution in [3.8, 4) is 0 Å². The molecule has 0 aliphatic heterocycles. The molecule has 0 aliphatic carbocycles. The SMILES string of the molecule is CCCCCCCC/C=C\CCCCCCCCCC(=O)OCCCCCCCCCCCCCCCCCC(=O)NC(CO)C(O)CCCCCCCCCCCCCCCCCCCCCCCC. The highest BCUT2D eigenvalue weighted by Crippen LogP contribution is 2.18. The summed E-state index contributed by atoms with van der Waals surface area (Å²) in [6.07, 6.45) is 73.6. The summed E-state index contributed by atoms with van der Waals surface area (Å²) in [4.78, 5) is 24.6. The molecule has 0 fully saturated rings. The summed E-state index contributed by atoms with van der Waals surface area (Å²) in [7, 11) is 0. The third kappa shape index (κ3) is 57.7. The van der Waals surface area contributed by atoms with Gasteiger partial charge in [-0.3, -0.25) is 9.59 Å². The molecule has 0 aliphatic rings. The summed E-state index contributed by atoms with van der Waals surface area (Å²) in [6, 6.07) is -0.549. The predicted octanol–water partition coefficient (Wildman–Crippen LogP) is 20.4. The van der Waals surface area contributed by atoms with Crippen LogP contribution >= 0.6 is 0 Å². The Bertz CT molecular complexity index is 1060. The Morgan fingerprint density at radius 1 is 0.380 bits per heavy atom. The average molecular weight is 1000 g/mol. The number of unbranched alkanes of at least 4 members (excludes halogenated alkanes) is 48. The van der Waals surface area contributed by atoms with Crippen molar-refractivity contribution in [2.45, 2.75) is 379 Å². The van der Waals surface area contributed by atoms with Crippen molar-refractivity contribution in [2.75, 3.05) is 13.2 Å². The quantitative estimate of drug-likeness (QED) is 0.0320. The van der Waals surface area contributed by atoms with E-state index in [0.717, 1.165) is 44.9 Å². The molecule has 3 N–H and O–H groups in total. The lowest BCUT2D eigenvalue weighted by Crippen LogP contribution is -2.45. The van der Waals surface area contributed by atoms with E-state index in [1.165, 1.54) is 289 Å². The van der Waals surface area contributed by atoms with Gasteiger partial charge in [-0.1, -0.05) is 315 Å². The zero-order valence-corrected chi connectivity index (χ0v) is 48.2. The molecule has 71 heavy (non-hydrogen) atoms. The van der Waals surface area contributed by atoms with Crippen LogP contribution in [0, 0.1) is 0 Å². The average Bonchev–Trinajstić information content (AvgIpc) is 3.37. The number of amides is 1. The molecule has 0 saturated carbocycles. The molecule has 2 atom stereocenters. The number of ether oxygens (including phenoxy) is 1. The van der Waals surface area contributed by atoms with Crippen LogP contribution in [0.25, 0.3) is 0 Å². The van der Waals surface area contributed by atoms with Crippen molar-refractivity contribution in [1.29, 1.82) is 0 Å². The zero-order chi connectivity index (χ0) is 51.4. The molecule has 6 heteroatoms. The minimum absolute atomic E-state index is 0.00126. The number of aliphatic hydroxyl groups excluding tert-OH is 2. The third-order valence-electron chi connectivity index (χ3n) is 15.3. The van der Waals surface area contributed by atoms with E-state index in [-0.39, 0.29) is 18.5 Å². The molecule has 0 aromatic rings. The van der Waals surface area contributed by atoms with Crippen molar-refractivity contribution >= 4 is 11.9 Å². The molecule has 0 rings (SSSR count). The number of hydrogen-bond donors (Lipinski definition) is 3. The fourth-order valence-electron chi connectivity index (χ4n) is 10.3.